The van der Waals surface area contributed by atoms with Gasteiger partial charge in [-0.2, -0.15) is 0 Å². The average Bonchev–Trinajstić information content (AvgIpc) is 3.13. The van der Waals surface area contributed by atoms with E-state index in [9.17, 15) is 25.2 Å². The second-order valence-corrected chi connectivity index (χ2v) is 14.0. The van der Waals surface area contributed by atoms with Crippen molar-refractivity contribution in [2.45, 2.75) is 142 Å². The van der Waals surface area contributed by atoms with Crippen molar-refractivity contribution in [3.63, 3.8) is 0 Å². The summed E-state index contributed by atoms with van der Waals surface area (Å²) in [5, 5.41) is 41.0. The van der Waals surface area contributed by atoms with Crippen LogP contribution in [0, 0.1) is 29.1 Å². The smallest absolute Gasteiger partial charge is 0.163 e. The maximum atomic E-state index is 12.6. The van der Waals surface area contributed by atoms with Crippen molar-refractivity contribution in [1.29, 1.82) is 0 Å². The minimum Gasteiger partial charge on any atom is -0.393 e. The van der Waals surface area contributed by atoms with E-state index in [0.29, 0.717) is 37.0 Å². The lowest BCUT2D eigenvalue weighted by Crippen LogP contribution is -2.37. The average molecular weight is 519 g/mol. The summed E-state index contributed by atoms with van der Waals surface area (Å²) in [5.41, 5.74) is 0.882. The van der Waals surface area contributed by atoms with Crippen molar-refractivity contribution in [2.75, 3.05) is 0 Å². The third-order valence-corrected chi connectivity index (χ3v) is 10.1. The summed E-state index contributed by atoms with van der Waals surface area (Å²) in [7, 11) is 0. The van der Waals surface area contributed by atoms with E-state index >= 15 is 0 Å². The van der Waals surface area contributed by atoms with Crippen LogP contribution in [0.25, 0.3) is 0 Å². The van der Waals surface area contributed by atoms with Gasteiger partial charge in [0, 0.05) is 18.8 Å². The molecule has 0 aliphatic heterocycles. The van der Waals surface area contributed by atoms with Crippen molar-refractivity contribution >= 4 is 5.78 Å². The van der Waals surface area contributed by atoms with Crippen LogP contribution in [-0.2, 0) is 4.79 Å². The second kappa shape index (κ2) is 12.0. The number of Topliss-reactive ketones (excluding diaryl/α,β-unsaturated/α-hetero) is 1. The molecule has 1 unspecified atom stereocenters. The Morgan fingerprint density at radius 3 is 2.41 bits per heavy atom. The first-order valence-electron chi connectivity index (χ1n) is 14.9. The molecule has 0 spiro atoms. The Kier molecular flexibility index (Phi) is 9.92. The Bertz CT molecular complexity index is 844. The lowest BCUT2D eigenvalue weighted by Gasteiger charge is -2.45. The Morgan fingerprint density at radius 1 is 1.08 bits per heavy atom. The van der Waals surface area contributed by atoms with Gasteiger partial charge in [0.05, 0.1) is 17.8 Å². The standard InChI is InChI=1S/C32H54O5/c1-21-24(19-25(33)20-28(21)34)12-11-22-10-8-18-32(6)26(22)14-15-27(32)23(9-7-17-30(2,3)36)13-16-29(35)31(4,5)37/h11-12,21,23,25-28,33-34,36-37H,7-10,13-20H2,1-6H3/b22-11+,24-12-/t21?,23-,25+,26-,27+,28-,32-/m0/s1. The molecule has 5 nitrogen and oxygen atoms in total. The molecule has 0 bridgehead atoms. The fourth-order valence-corrected chi connectivity index (χ4v) is 7.73. The fraction of sp³-hybridized carbons (Fsp3) is 0.844. The van der Waals surface area contributed by atoms with Crippen LogP contribution in [0.2, 0.25) is 0 Å². The fourth-order valence-electron chi connectivity index (χ4n) is 7.73. The van der Waals surface area contributed by atoms with Crippen molar-refractivity contribution in [3.05, 3.63) is 23.3 Å². The summed E-state index contributed by atoms with van der Waals surface area (Å²) in [6.45, 7) is 11.4. The number of aliphatic hydroxyl groups is 4. The number of rotatable bonds is 10. The second-order valence-electron chi connectivity index (χ2n) is 14.0. The van der Waals surface area contributed by atoms with Gasteiger partial charge in [0.25, 0.3) is 0 Å². The first-order chi connectivity index (χ1) is 17.1. The van der Waals surface area contributed by atoms with Gasteiger partial charge < -0.3 is 20.4 Å². The van der Waals surface area contributed by atoms with Crippen molar-refractivity contribution < 1.29 is 25.2 Å². The van der Waals surface area contributed by atoms with E-state index in [1.165, 1.54) is 18.4 Å². The summed E-state index contributed by atoms with van der Waals surface area (Å²) < 4.78 is 0. The predicted molar refractivity (Wildman–Crippen MR) is 149 cm³/mol. The molecule has 0 aromatic heterocycles. The summed E-state index contributed by atoms with van der Waals surface area (Å²) in [5.74, 6) is 1.47. The third-order valence-electron chi connectivity index (χ3n) is 10.1. The molecule has 3 aliphatic carbocycles. The number of carbonyl (C=O) groups excluding carboxylic acids is 1. The number of hydrogen-bond donors (Lipinski definition) is 4. The molecule has 0 heterocycles. The highest BCUT2D eigenvalue weighted by molar-refractivity contribution is 5.86. The summed E-state index contributed by atoms with van der Waals surface area (Å²) in [6, 6.07) is 0. The van der Waals surface area contributed by atoms with E-state index in [1.54, 1.807) is 13.8 Å². The Labute approximate surface area is 225 Å². The molecule has 4 N–H and O–H groups in total. The van der Waals surface area contributed by atoms with Gasteiger partial charge in [0.15, 0.2) is 5.78 Å². The minimum absolute atomic E-state index is 0.0819. The van der Waals surface area contributed by atoms with Crippen molar-refractivity contribution in [1.82, 2.24) is 0 Å². The molecular formula is C32H54O5. The maximum absolute atomic E-state index is 12.6. The topological polar surface area (TPSA) is 98.0 Å². The molecule has 3 saturated carbocycles. The number of allylic oxidation sites excluding steroid dienone is 3. The molecule has 5 heteroatoms. The van der Waals surface area contributed by atoms with Gasteiger partial charge in [-0.05, 0) is 102 Å². The van der Waals surface area contributed by atoms with E-state index in [-0.39, 0.29) is 17.1 Å². The van der Waals surface area contributed by atoms with Crippen molar-refractivity contribution in [3.8, 4) is 0 Å². The van der Waals surface area contributed by atoms with Gasteiger partial charge in [0.1, 0.15) is 5.60 Å². The van der Waals surface area contributed by atoms with E-state index in [4.69, 9.17) is 0 Å². The van der Waals surface area contributed by atoms with E-state index in [0.717, 1.165) is 50.5 Å². The monoisotopic (exact) mass is 518 g/mol. The van der Waals surface area contributed by atoms with Crippen LogP contribution in [0.5, 0.6) is 0 Å². The molecule has 37 heavy (non-hydrogen) atoms. The SMILES string of the molecule is CC1/C(=C\C=C2/CCC[C@]3(C)[C@@H]([C@@H](CCCC(C)(C)O)CCC(=O)C(C)(C)O)CC[C@@H]23)C[C@@H](O)C[C@@H]1O. The predicted octanol–water partition coefficient (Wildman–Crippen LogP) is 5.88. The van der Waals surface area contributed by atoms with Crippen LogP contribution < -0.4 is 0 Å². The van der Waals surface area contributed by atoms with Crippen LogP contribution in [0.4, 0.5) is 0 Å². The molecule has 0 amide bonds. The van der Waals surface area contributed by atoms with Crippen LogP contribution >= 0.6 is 0 Å². The van der Waals surface area contributed by atoms with E-state index in [2.05, 4.69) is 26.0 Å². The molecule has 0 aromatic carbocycles. The Hall–Kier alpha value is -1.01. The molecule has 0 aromatic rings. The van der Waals surface area contributed by atoms with E-state index < -0.39 is 23.4 Å². The van der Waals surface area contributed by atoms with E-state index in [1.807, 2.05) is 13.8 Å². The quantitative estimate of drug-likeness (QED) is 0.289. The lowest BCUT2D eigenvalue weighted by molar-refractivity contribution is -0.134. The van der Waals surface area contributed by atoms with Gasteiger partial charge in [-0.25, -0.2) is 0 Å². The number of ketones is 1. The maximum Gasteiger partial charge on any atom is 0.163 e. The highest BCUT2D eigenvalue weighted by Gasteiger charge is 2.51. The molecular weight excluding hydrogens is 464 g/mol. The van der Waals surface area contributed by atoms with Gasteiger partial charge in [-0.3, -0.25) is 4.79 Å². The molecule has 3 aliphatic rings. The number of carbonyl (C=O) groups is 1. The van der Waals surface area contributed by atoms with Crippen LogP contribution in [0.1, 0.15) is 119 Å². The molecule has 3 rings (SSSR count). The number of fused-ring (bicyclic) bond motifs is 1. The van der Waals surface area contributed by atoms with Crippen LogP contribution in [0.15, 0.2) is 23.3 Å². The Morgan fingerprint density at radius 2 is 1.76 bits per heavy atom. The summed E-state index contributed by atoms with van der Waals surface area (Å²) in [6.07, 6.45) is 14.4. The molecule has 7 atom stereocenters. The molecule has 212 valence electrons. The lowest BCUT2D eigenvalue weighted by atomic mass is 9.60. The van der Waals surface area contributed by atoms with Gasteiger partial charge >= 0.3 is 0 Å². The minimum atomic E-state index is -1.29. The zero-order chi connectivity index (χ0) is 27.6. The molecule has 3 fully saturated rings. The highest BCUT2D eigenvalue weighted by atomic mass is 16.3. The van der Waals surface area contributed by atoms with Crippen molar-refractivity contribution in [2.24, 2.45) is 29.1 Å². The van der Waals surface area contributed by atoms with Crippen LogP contribution in [-0.4, -0.2) is 49.6 Å². The summed E-state index contributed by atoms with van der Waals surface area (Å²) >= 11 is 0. The first kappa shape index (κ1) is 30.5. The zero-order valence-corrected chi connectivity index (χ0v) is 24.3. The van der Waals surface area contributed by atoms with Gasteiger partial charge in [-0.15, -0.1) is 0 Å². The molecule has 0 radical (unpaired) electrons. The zero-order valence-electron chi connectivity index (χ0n) is 24.3. The number of hydrogen-bond acceptors (Lipinski definition) is 5. The normalized spacial score (nSPS) is 36.1. The Balaban J connectivity index is 1.79. The summed E-state index contributed by atoms with van der Waals surface area (Å²) in [4.78, 5) is 12.6. The number of aliphatic hydroxyl groups excluding tert-OH is 2. The molecule has 0 saturated heterocycles. The van der Waals surface area contributed by atoms with Gasteiger partial charge in [0.2, 0.25) is 0 Å². The highest BCUT2D eigenvalue weighted by Crippen LogP contribution is 2.60. The third kappa shape index (κ3) is 7.77. The largest absolute Gasteiger partial charge is 0.393 e. The van der Waals surface area contributed by atoms with Crippen LogP contribution in [0.3, 0.4) is 0 Å². The first-order valence-corrected chi connectivity index (χ1v) is 14.9. The van der Waals surface area contributed by atoms with Gasteiger partial charge in [-0.1, -0.05) is 50.0 Å².